The fraction of sp³-hybridized carbons (Fsp3) is 0.176. The van der Waals surface area contributed by atoms with E-state index in [9.17, 15) is 0 Å². The van der Waals surface area contributed by atoms with Gasteiger partial charge in [0.15, 0.2) is 0 Å². The van der Waals surface area contributed by atoms with Crippen molar-refractivity contribution < 1.29 is 10.2 Å². The molecule has 0 saturated heterocycles. The van der Waals surface area contributed by atoms with Gasteiger partial charge in [0.2, 0.25) is 0 Å². The molecule has 2 heteroatoms. The number of rotatable bonds is 5. The SMILES string of the molecule is C=CCC(OC)(c1ccccc1)c1ccccc1.O. The summed E-state index contributed by atoms with van der Waals surface area (Å²) in [6.07, 6.45) is 2.65. The van der Waals surface area contributed by atoms with E-state index in [1.807, 2.05) is 42.5 Å². The maximum absolute atomic E-state index is 5.88. The molecule has 0 aliphatic heterocycles. The Bertz CT molecular complexity index is 452. The molecule has 2 aromatic carbocycles. The third kappa shape index (κ3) is 2.92. The average Bonchev–Trinajstić information content (AvgIpc) is 2.47. The third-order valence-corrected chi connectivity index (χ3v) is 3.26. The molecule has 2 nitrogen and oxygen atoms in total. The molecule has 0 unspecified atom stereocenters. The summed E-state index contributed by atoms with van der Waals surface area (Å²) in [5.74, 6) is 0. The van der Waals surface area contributed by atoms with Gasteiger partial charge in [0, 0.05) is 13.5 Å². The van der Waals surface area contributed by atoms with E-state index in [4.69, 9.17) is 4.74 Å². The summed E-state index contributed by atoms with van der Waals surface area (Å²) in [4.78, 5) is 0. The molecule has 2 rings (SSSR count). The molecule has 100 valence electrons. The smallest absolute Gasteiger partial charge is 0.121 e. The van der Waals surface area contributed by atoms with Crippen molar-refractivity contribution >= 4 is 0 Å². The number of methoxy groups -OCH3 is 1. The van der Waals surface area contributed by atoms with Crippen molar-refractivity contribution in [3.05, 3.63) is 84.4 Å². The van der Waals surface area contributed by atoms with E-state index in [-0.39, 0.29) is 5.48 Å². The van der Waals surface area contributed by atoms with Crippen LogP contribution in [-0.2, 0) is 10.3 Å². The maximum atomic E-state index is 5.88. The van der Waals surface area contributed by atoms with Crippen molar-refractivity contribution in [2.45, 2.75) is 12.0 Å². The molecule has 0 atom stereocenters. The van der Waals surface area contributed by atoms with Crippen molar-refractivity contribution in [2.75, 3.05) is 7.11 Å². The fourth-order valence-electron chi connectivity index (χ4n) is 2.34. The zero-order valence-electron chi connectivity index (χ0n) is 11.2. The number of benzene rings is 2. The Morgan fingerprint density at radius 3 is 1.68 bits per heavy atom. The van der Waals surface area contributed by atoms with E-state index in [1.165, 1.54) is 0 Å². The Morgan fingerprint density at radius 2 is 1.37 bits per heavy atom. The largest absolute Gasteiger partial charge is 0.412 e. The second-order valence-electron chi connectivity index (χ2n) is 4.26. The van der Waals surface area contributed by atoms with Crippen LogP contribution in [0.15, 0.2) is 73.3 Å². The van der Waals surface area contributed by atoms with Crippen LogP contribution in [0.4, 0.5) is 0 Å². The van der Waals surface area contributed by atoms with Crippen molar-refractivity contribution in [1.29, 1.82) is 0 Å². The van der Waals surface area contributed by atoms with Gasteiger partial charge in [-0.3, -0.25) is 0 Å². The molecule has 0 radical (unpaired) electrons. The first-order valence-corrected chi connectivity index (χ1v) is 6.10. The molecule has 0 aromatic heterocycles. The molecule has 0 heterocycles. The lowest BCUT2D eigenvalue weighted by atomic mass is 9.83. The van der Waals surface area contributed by atoms with Crippen molar-refractivity contribution in [3.63, 3.8) is 0 Å². The van der Waals surface area contributed by atoms with Crippen molar-refractivity contribution in [3.8, 4) is 0 Å². The van der Waals surface area contributed by atoms with Crippen LogP contribution in [0, 0.1) is 0 Å². The van der Waals surface area contributed by atoms with Gasteiger partial charge in [-0.15, -0.1) is 6.58 Å². The van der Waals surface area contributed by atoms with Crippen molar-refractivity contribution in [2.24, 2.45) is 0 Å². The summed E-state index contributed by atoms with van der Waals surface area (Å²) < 4.78 is 5.88. The minimum absolute atomic E-state index is 0. The van der Waals surface area contributed by atoms with Crippen LogP contribution in [0.5, 0.6) is 0 Å². The van der Waals surface area contributed by atoms with E-state index in [0.717, 1.165) is 17.5 Å². The van der Waals surface area contributed by atoms with E-state index >= 15 is 0 Å². The summed E-state index contributed by atoms with van der Waals surface area (Å²) in [5, 5.41) is 0. The van der Waals surface area contributed by atoms with Gasteiger partial charge in [-0.1, -0.05) is 66.7 Å². The minimum Gasteiger partial charge on any atom is -0.412 e. The first kappa shape index (κ1) is 15.2. The molecule has 0 aliphatic carbocycles. The molecule has 0 spiro atoms. The van der Waals surface area contributed by atoms with Crippen LogP contribution < -0.4 is 0 Å². The summed E-state index contributed by atoms with van der Waals surface area (Å²) in [5.41, 5.74) is 1.86. The number of hydrogen-bond donors (Lipinski definition) is 0. The van der Waals surface area contributed by atoms with Crippen LogP contribution in [0.2, 0.25) is 0 Å². The molecule has 0 bridgehead atoms. The normalized spacial score (nSPS) is 10.6. The lowest BCUT2D eigenvalue weighted by molar-refractivity contribution is 0.0246. The molecule has 19 heavy (non-hydrogen) atoms. The van der Waals surface area contributed by atoms with Gasteiger partial charge in [-0.05, 0) is 11.1 Å². The van der Waals surface area contributed by atoms with Gasteiger partial charge >= 0.3 is 0 Å². The lowest BCUT2D eigenvalue weighted by Crippen LogP contribution is -2.29. The highest BCUT2D eigenvalue weighted by Crippen LogP contribution is 2.36. The Hall–Kier alpha value is -1.90. The highest BCUT2D eigenvalue weighted by Gasteiger charge is 2.32. The summed E-state index contributed by atoms with van der Waals surface area (Å²) in [7, 11) is 1.75. The maximum Gasteiger partial charge on any atom is 0.121 e. The second kappa shape index (κ2) is 6.88. The van der Waals surface area contributed by atoms with Crippen molar-refractivity contribution in [1.82, 2.24) is 0 Å². The topological polar surface area (TPSA) is 40.7 Å². The Morgan fingerprint density at radius 1 is 0.947 bits per heavy atom. The first-order chi connectivity index (χ1) is 8.83. The summed E-state index contributed by atoms with van der Waals surface area (Å²) >= 11 is 0. The van der Waals surface area contributed by atoms with Crippen LogP contribution in [0.25, 0.3) is 0 Å². The van der Waals surface area contributed by atoms with Gasteiger partial charge in [0.05, 0.1) is 0 Å². The second-order valence-corrected chi connectivity index (χ2v) is 4.26. The monoisotopic (exact) mass is 256 g/mol. The van der Waals surface area contributed by atoms with Gasteiger partial charge in [0.1, 0.15) is 5.60 Å². The zero-order chi connectivity index (χ0) is 12.8. The fourth-order valence-corrected chi connectivity index (χ4v) is 2.34. The lowest BCUT2D eigenvalue weighted by Gasteiger charge is -2.32. The van der Waals surface area contributed by atoms with E-state index < -0.39 is 5.60 Å². The van der Waals surface area contributed by atoms with Gasteiger partial charge in [-0.2, -0.15) is 0 Å². The van der Waals surface area contributed by atoms with Crippen LogP contribution in [0.1, 0.15) is 17.5 Å². The first-order valence-electron chi connectivity index (χ1n) is 6.10. The molecule has 2 aromatic rings. The van der Waals surface area contributed by atoms with E-state index in [0.29, 0.717) is 0 Å². The summed E-state index contributed by atoms with van der Waals surface area (Å²) in [6, 6.07) is 20.6. The van der Waals surface area contributed by atoms with Crippen LogP contribution in [0.3, 0.4) is 0 Å². The minimum atomic E-state index is -0.440. The standard InChI is InChI=1S/C17H18O.H2O/c1-3-14-17(18-2,15-10-6-4-7-11-15)16-12-8-5-9-13-16;/h3-13H,1,14H2,2H3;1H2. The molecule has 0 fully saturated rings. The third-order valence-electron chi connectivity index (χ3n) is 3.26. The van der Waals surface area contributed by atoms with Gasteiger partial charge in [0.25, 0.3) is 0 Å². The highest BCUT2D eigenvalue weighted by molar-refractivity contribution is 5.37. The van der Waals surface area contributed by atoms with Gasteiger partial charge in [-0.25, -0.2) is 0 Å². The quantitative estimate of drug-likeness (QED) is 0.756. The zero-order valence-corrected chi connectivity index (χ0v) is 11.2. The number of hydrogen-bond acceptors (Lipinski definition) is 1. The predicted octanol–water partition coefficient (Wildman–Crippen LogP) is 3.33. The van der Waals surface area contributed by atoms with Crippen LogP contribution >= 0.6 is 0 Å². The Kier molecular flexibility index (Phi) is 5.49. The molecule has 2 N–H and O–H groups in total. The summed E-state index contributed by atoms with van der Waals surface area (Å²) in [6.45, 7) is 3.86. The Balaban J connectivity index is 0.00000180. The predicted molar refractivity (Wildman–Crippen MR) is 79.1 cm³/mol. The molecule has 0 amide bonds. The Labute approximate surface area is 114 Å². The van der Waals surface area contributed by atoms with E-state index in [1.54, 1.807) is 7.11 Å². The molecular formula is C17H20O2. The average molecular weight is 256 g/mol. The number of ether oxygens (including phenoxy) is 1. The molecule has 0 aliphatic rings. The van der Waals surface area contributed by atoms with E-state index in [2.05, 4.69) is 30.8 Å². The van der Waals surface area contributed by atoms with Crippen LogP contribution in [-0.4, -0.2) is 12.6 Å². The molecular weight excluding hydrogens is 236 g/mol. The highest BCUT2D eigenvalue weighted by atomic mass is 16.5. The van der Waals surface area contributed by atoms with Gasteiger partial charge < -0.3 is 10.2 Å². The molecule has 0 saturated carbocycles.